The van der Waals surface area contributed by atoms with Crippen molar-refractivity contribution in [1.82, 2.24) is 4.90 Å². The Morgan fingerprint density at radius 2 is 2.27 bits per heavy atom. The molecule has 1 unspecified atom stereocenters. The fraction of sp³-hybridized carbons (Fsp3) is 0.778. The highest BCUT2D eigenvalue weighted by molar-refractivity contribution is 7.98. The number of hydrogen-bond acceptors (Lipinski definition) is 3. The summed E-state index contributed by atoms with van der Waals surface area (Å²) in [5.41, 5.74) is -2.24. The first-order valence-electron chi connectivity index (χ1n) is 4.68. The van der Waals surface area contributed by atoms with Gasteiger partial charge in [0.1, 0.15) is 0 Å². The molecule has 0 saturated carbocycles. The van der Waals surface area contributed by atoms with Gasteiger partial charge in [-0.1, -0.05) is 0 Å². The van der Waals surface area contributed by atoms with Crippen molar-refractivity contribution in [2.24, 2.45) is 0 Å². The first kappa shape index (κ1) is 12.3. The summed E-state index contributed by atoms with van der Waals surface area (Å²) in [5.74, 6) is -0.949. The molecule has 1 saturated heterocycles. The molecule has 4 nitrogen and oxygen atoms in total. The smallest absolute Gasteiger partial charge is 0.343 e. The van der Waals surface area contributed by atoms with Crippen LogP contribution in [0.3, 0.4) is 0 Å². The maximum atomic E-state index is 13.6. The number of rotatable bonds is 4. The summed E-state index contributed by atoms with van der Waals surface area (Å²) in [6.45, 7) is -0.106. The third kappa shape index (κ3) is 2.84. The second-order valence-electron chi connectivity index (χ2n) is 3.58. The number of nitrogens with zero attached hydrogens (tertiary/aromatic N) is 1. The minimum absolute atomic E-state index is 0.104. The molecule has 1 heterocycles. The quantitative estimate of drug-likeness (QED) is 0.781. The van der Waals surface area contributed by atoms with Gasteiger partial charge in [0.25, 0.3) is 0 Å². The molecule has 0 aromatic heterocycles. The van der Waals surface area contributed by atoms with Gasteiger partial charge in [-0.05, 0) is 6.26 Å². The van der Waals surface area contributed by atoms with E-state index in [1.165, 1.54) is 16.7 Å². The summed E-state index contributed by atoms with van der Waals surface area (Å²) in [5, 5.41) is 8.63. The minimum atomic E-state index is -2.24. The van der Waals surface area contributed by atoms with E-state index in [9.17, 15) is 14.0 Å². The minimum Gasteiger partial charge on any atom is -0.479 e. The number of likely N-dealkylation sites (tertiary alicyclic amines) is 1. The molecular formula is C9H14FNO3S. The van der Waals surface area contributed by atoms with Crippen molar-refractivity contribution >= 4 is 23.6 Å². The Hall–Kier alpha value is -0.780. The van der Waals surface area contributed by atoms with Crippen LogP contribution in [-0.4, -0.2) is 52.6 Å². The lowest BCUT2D eigenvalue weighted by Crippen LogP contribution is -2.38. The zero-order valence-corrected chi connectivity index (χ0v) is 9.35. The van der Waals surface area contributed by atoms with Crippen molar-refractivity contribution in [1.29, 1.82) is 0 Å². The standard InChI is InChI=1S/C9H14FNO3S/c1-15-5-2-7(12)11-4-3-9(10,6-11)8(13)14/h2-6H2,1H3,(H,13,14). The molecule has 0 radical (unpaired) electrons. The lowest BCUT2D eigenvalue weighted by molar-refractivity contribution is -0.150. The van der Waals surface area contributed by atoms with Crippen LogP contribution >= 0.6 is 11.8 Å². The number of thioether (sulfide) groups is 1. The van der Waals surface area contributed by atoms with Crippen LogP contribution in [0.5, 0.6) is 0 Å². The number of halogens is 1. The first-order valence-corrected chi connectivity index (χ1v) is 6.08. The molecule has 1 aliphatic heterocycles. The molecule has 0 aliphatic carbocycles. The van der Waals surface area contributed by atoms with Crippen molar-refractivity contribution in [3.63, 3.8) is 0 Å². The fourth-order valence-corrected chi connectivity index (χ4v) is 1.89. The molecule has 1 fully saturated rings. The van der Waals surface area contributed by atoms with Crippen molar-refractivity contribution in [3.8, 4) is 0 Å². The highest BCUT2D eigenvalue weighted by atomic mass is 32.2. The number of carboxylic acid groups (broad SMARTS) is 1. The van der Waals surface area contributed by atoms with E-state index in [2.05, 4.69) is 0 Å². The first-order chi connectivity index (χ1) is 6.99. The van der Waals surface area contributed by atoms with E-state index in [4.69, 9.17) is 5.11 Å². The number of carboxylic acids is 1. The van der Waals surface area contributed by atoms with Crippen LogP contribution in [0.4, 0.5) is 4.39 Å². The van der Waals surface area contributed by atoms with E-state index in [1.54, 1.807) is 0 Å². The number of hydrogen-bond donors (Lipinski definition) is 1. The summed E-state index contributed by atoms with van der Waals surface area (Å²) < 4.78 is 13.6. The zero-order valence-electron chi connectivity index (χ0n) is 8.53. The Morgan fingerprint density at radius 3 is 2.73 bits per heavy atom. The number of amides is 1. The van der Waals surface area contributed by atoms with Gasteiger partial charge in [0.15, 0.2) is 0 Å². The summed E-state index contributed by atoms with van der Waals surface area (Å²) >= 11 is 1.54. The number of aliphatic carboxylic acids is 1. The second-order valence-corrected chi connectivity index (χ2v) is 4.56. The second kappa shape index (κ2) is 4.83. The van der Waals surface area contributed by atoms with Crippen molar-refractivity contribution < 1.29 is 19.1 Å². The van der Waals surface area contributed by atoms with Gasteiger partial charge in [-0.2, -0.15) is 11.8 Å². The van der Waals surface area contributed by atoms with Gasteiger partial charge >= 0.3 is 5.97 Å². The van der Waals surface area contributed by atoms with E-state index in [1.807, 2.05) is 6.26 Å². The van der Waals surface area contributed by atoms with Gasteiger partial charge in [0, 0.05) is 25.1 Å². The predicted octanol–water partition coefficient (Wildman–Crippen LogP) is 0.765. The summed E-state index contributed by atoms with van der Waals surface area (Å²) in [6, 6.07) is 0. The molecule has 1 rings (SSSR count). The highest BCUT2D eigenvalue weighted by Gasteiger charge is 2.46. The maximum Gasteiger partial charge on any atom is 0.343 e. The molecule has 1 amide bonds. The van der Waals surface area contributed by atoms with Crippen LogP contribution in [0, 0.1) is 0 Å². The lowest BCUT2D eigenvalue weighted by Gasteiger charge is -2.17. The van der Waals surface area contributed by atoms with E-state index in [0.29, 0.717) is 12.2 Å². The Balaban J connectivity index is 2.49. The third-order valence-corrected chi connectivity index (χ3v) is 3.09. The average molecular weight is 235 g/mol. The van der Waals surface area contributed by atoms with Gasteiger partial charge in [0.2, 0.25) is 11.6 Å². The molecule has 0 aromatic carbocycles. The Morgan fingerprint density at radius 1 is 1.60 bits per heavy atom. The molecule has 86 valence electrons. The van der Waals surface area contributed by atoms with Crippen molar-refractivity contribution in [3.05, 3.63) is 0 Å². The Bertz CT molecular complexity index is 274. The molecule has 15 heavy (non-hydrogen) atoms. The van der Waals surface area contributed by atoms with Gasteiger partial charge in [-0.3, -0.25) is 4.79 Å². The highest BCUT2D eigenvalue weighted by Crippen LogP contribution is 2.26. The molecule has 1 N–H and O–H groups in total. The van der Waals surface area contributed by atoms with Crippen LogP contribution in [0.15, 0.2) is 0 Å². The maximum absolute atomic E-state index is 13.6. The Labute approximate surface area is 91.8 Å². The fourth-order valence-electron chi connectivity index (χ4n) is 1.51. The molecule has 1 atom stereocenters. The zero-order chi connectivity index (χ0) is 11.5. The SMILES string of the molecule is CSCCC(=O)N1CCC(F)(C(=O)O)C1. The molecule has 6 heteroatoms. The van der Waals surface area contributed by atoms with Crippen LogP contribution in [-0.2, 0) is 9.59 Å². The van der Waals surface area contributed by atoms with Crippen molar-refractivity contribution in [2.45, 2.75) is 18.5 Å². The molecule has 0 bridgehead atoms. The van der Waals surface area contributed by atoms with Gasteiger partial charge < -0.3 is 10.0 Å². The van der Waals surface area contributed by atoms with Crippen LogP contribution in [0.2, 0.25) is 0 Å². The summed E-state index contributed by atoms with van der Waals surface area (Å²) in [7, 11) is 0. The van der Waals surface area contributed by atoms with E-state index in [-0.39, 0.29) is 25.4 Å². The molecular weight excluding hydrogens is 221 g/mol. The number of carbonyl (C=O) groups excluding carboxylic acids is 1. The largest absolute Gasteiger partial charge is 0.479 e. The van der Waals surface area contributed by atoms with Gasteiger partial charge in [-0.25, -0.2) is 9.18 Å². The molecule has 0 spiro atoms. The molecule has 1 aliphatic rings. The summed E-state index contributed by atoms with van der Waals surface area (Å²) in [4.78, 5) is 23.4. The molecule has 0 aromatic rings. The monoisotopic (exact) mass is 235 g/mol. The normalized spacial score (nSPS) is 25.6. The number of alkyl halides is 1. The summed E-state index contributed by atoms with van der Waals surface area (Å²) in [6.07, 6.45) is 2.12. The van der Waals surface area contributed by atoms with Crippen LogP contribution < -0.4 is 0 Å². The van der Waals surface area contributed by atoms with Crippen LogP contribution in [0.25, 0.3) is 0 Å². The van der Waals surface area contributed by atoms with E-state index in [0.717, 1.165) is 0 Å². The average Bonchev–Trinajstić information content (AvgIpc) is 2.59. The predicted molar refractivity (Wildman–Crippen MR) is 55.7 cm³/mol. The van der Waals surface area contributed by atoms with Crippen LogP contribution in [0.1, 0.15) is 12.8 Å². The van der Waals surface area contributed by atoms with E-state index >= 15 is 0 Å². The number of carbonyl (C=O) groups is 2. The Kier molecular flexibility index (Phi) is 3.96. The van der Waals surface area contributed by atoms with Gasteiger partial charge in [0.05, 0.1) is 6.54 Å². The third-order valence-electron chi connectivity index (χ3n) is 2.48. The van der Waals surface area contributed by atoms with Crippen molar-refractivity contribution in [2.75, 3.05) is 25.1 Å². The van der Waals surface area contributed by atoms with Gasteiger partial charge in [-0.15, -0.1) is 0 Å². The lowest BCUT2D eigenvalue weighted by atomic mass is 10.1. The topological polar surface area (TPSA) is 57.6 Å². The van der Waals surface area contributed by atoms with E-state index < -0.39 is 11.6 Å².